The van der Waals surface area contributed by atoms with Gasteiger partial charge in [-0.1, -0.05) is 24.3 Å². The molecule has 2 aromatic rings. The number of benzene rings is 2. The first-order chi connectivity index (χ1) is 6.74. The molecule has 0 aromatic heterocycles. The molecule has 3 nitrogen and oxygen atoms in total. The van der Waals surface area contributed by atoms with Crippen LogP contribution in [0.25, 0.3) is 10.8 Å². The second kappa shape index (κ2) is 3.10. The van der Waals surface area contributed by atoms with Gasteiger partial charge in [-0.05, 0) is 11.5 Å². The van der Waals surface area contributed by atoms with Crippen LogP contribution in [0.2, 0.25) is 0 Å². The first kappa shape index (κ1) is 8.69. The van der Waals surface area contributed by atoms with Crippen LogP contribution in [-0.4, -0.2) is 17.3 Å². The van der Waals surface area contributed by atoms with Gasteiger partial charge in [0.1, 0.15) is 0 Å². The molecule has 0 heterocycles. The molecule has 0 bridgehead atoms. The van der Waals surface area contributed by atoms with Crippen LogP contribution in [0.15, 0.2) is 30.3 Å². The highest BCUT2D eigenvalue weighted by atomic mass is 16.5. The van der Waals surface area contributed by atoms with E-state index in [1.807, 2.05) is 24.3 Å². The summed E-state index contributed by atoms with van der Waals surface area (Å²) in [4.78, 5) is 0. The highest BCUT2D eigenvalue weighted by molar-refractivity contribution is 5.92. The smallest absolute Gasteiger partial charge is 0.201 e. The van der Waals surface area contributed by atoms with Crippen LogP contribution < -0.4 is 4.74 Å². The molecule has 0 saturated heterocycles. The van der Waals surface area contributed by atoms with Crippen molar-refractivity contribution in [3.05, 3.63) is 30.3 Å². The molecule has 0 spiro atoms. The summed E-state index contributed by atoms with van der Waals surface area (Å²) in [5.41, 5.74) is 0. The van der Waals surface area contributed by atoms with E-state index < -0.39 is 0 Å². The highest BCUT2D eigenvalue weighted by Crippen LogP contribution is 2.41. The summed E-state index contributed by atoms with van der Waals surface area (Å²) in [6, 6.07) is 8.89. The third kappa shape index (κ3) is 1.14. The normalized spacial score (nSPS) is 10.4. The van der Waals surface area contributed by atoms with E-state index in [1.54, 1.807) is 0 Å². The first-order valence-corrected chi connectivity index (χ1v) is 4.21. The van der Waals surface area contributed by atoms with E-state index in [2.05, 4.69) is 0 Å². The Bertz CT molecular complexity index is 477. The van der Waals surface area contributed by atoms with Crippen molar-refractivity contribution in [1.29, 1.82) is 0 Å². The van der Waals surface area contributed by atoms with Crippen LogP contribution in [0, 0.1) is 0 Å². The number of hydrogen-bond acceptors (Lipinski definition) is 3. The number of fused-ring (bicyclic) bond motifs is 1. The van der Waals surface area contributed by atoms with Gasteiger partial charge in [-0.15, -0.1) is 0 Å². The van der Waals surface area contributed by atoms with Crippen LogP contribution in [0.4, 0.5) is 0 Å². The number of phenolic OH excluding ortho intramolecular Hbond substituents is 2. The maximum absolute atomic E-state index is 9.52. The lowest BCUT2D eigenvalue weighted by molar-refractivity contribution is 0.355. The number of ether oxygens (including phenoxy) is 1. The quantitative estimate of drug-likeness (QED) is 0.678. The molecule has 14 heavy (non-hydrogen) atoms. The molecule has 72 valence electrons. The van der Waals surface area contributed by atoms with Crippen molar-refractivity contribution >= 4 is 10.8 Å². The largest absolute Gasteiger partial charge is 0.504 e. The monoisotopic (exact) mass is 190 g/mol. The Labute approximate surface area is 81.2 Å². The fourth-order valence-corrected chi connectivity index (χ4v) is 1.50. The summed E-state index contributed by atoms with van der Waals surface area (Å²) >= 11 is 0. The summed E-state index contributed by atoms with van der Waals surface area (Å²) in [7, 11) is 1.46. The van der Waals surface area contributed by atoms with Crippen molar-refractivity contribution in [2.45, 2.75) is 0 Å². The van der Waals surface area contributed by atoms with E-state index in [-0.39, 0.29) is 11.5 Å². The molecular formula is C11H10O3. The Morgan fingerprint density at radius 3 is 2.57 bits per heavy atom. The second-order valence-electron chi connectivity index (χ2n) is 3.00. The predicted molar refractivity (Wildman–Crippen MR) is 53.8 cm³/mol. The fraction of sp³-hybridized carbons (Fsp3) is 0.0909. The molecule has 2 rings (SSSR count). The fourth-order valence-electron chi connectivity index (χ4n) is 1.50. The van der Waals surface area contributed by atoms with Gasteiger partial charge in [-0.25, -0.2) is 0 Å². The van der Waals surface area contributed by atoms with Gasteiger partial charge < -0.3 is 14.9 Å². The third-order valence-corrected chi connectivity index (χ3v) is 2.16. The zero-order valence-corrected chi connectivity index (χ0v) is 7.69. The molecule has 0 radical (unpaired) electrons. The molecule has 0 amide bonds. The molecule has 0 saturated carbocycles. The van der Waals surface area contributed by atoms with Gasteiger partial charge in [0.2, 0.25) is 5.75 Å². The Kier molecular flexibility index (Phi) is 1.93. The summed E-state index contributed by atoms with van der Waals surface area (Å²) in [5.74, 6) is -0.0765. The zero-order chi connectivity index (χ0) is 10.1. The molecule has 0 atom stereocenters. The van der Waals surface area contributed by atoms with Gasteiger partial charge in [0.05, 0.1) is 7.11 Å². The minimum absolute atomic E-state index is 0.166. The molecule has 2 N–H and O–H groups in total. The highest BCUT2D eigenvalue weighted by Gasteiger charge is 2.11. The van der Waals surface area contributed by atoms with E-state index in [1.165, 1.54) is 13.2 Å². The van der Waals surface area contributed by atoms with Crippen molar-refractivity contribution in [1.82, 2.24) is 0 Å². The lowest BCUT2D eigenvalue weighted by Gasteiger charge is -2.08. The van der Waals surface area contributed by atoms with E-state index in [0.717, 1.165) is 10.8 Å². The van der Waals surface area contributed by atoms with E-state index >= 15 is 0 Å². The van der Waals surface area contributed by atoms with Gasteiger partial charge in [0.15, 0.2) is 11.5 Å². The van der Waals surface area contributed by atoms with Gasteiger partial charge in [0.25, 0.3) is 0 Å². The summed E-state index contributed by atoms with van der Waals surface area (Å²) in [5, 5.41) is 20.5. The predicted octanol–water partition coefficient (Wildman–Crippen LogP) is 2.26. The molecule has 0 unspecified atom stereocenters. The lowest BCUT2D eigenvalue weighted by Crippen LogP contribution is -1.86. The molecule has 0 fully saturated rings. The van der Waals surface area contributed by atoms with Crippen LogP contribution in [-0.2, 0) is 0 Å². The maximum atomic E-state index is 9.52. The van der Waals surface area contributed by atoms with Gasteiger partial charge in [-0.2, -0.15) is 0 Å². The summed E-state index contributed by atoms with van der Waals surface area (Å²) in [6.07, 6.45) is 0. The average Bonchev–Trinajstić information content (AvgIpc) is 2.20. The number of hydrogen-bond donors (Lipinski definition) is 2. The van der Waals surface area contributed by atoms with Crippen LogP contribution in [0.3, 0.4) is 0 Å². The van der Waals surface area contributed by atoms with Gasteiger partial charge in [-0.3, -0.25) is 0 Å². The van der Waals surface area contributed by atoms with Crippen LogP contribution in [0.5, 0.6) is 17.2 Å². The van der Waals surface area contributed by atoms with E-state index in [4.69, 9.17) is 4.74 Å². The van der Waals surface area contributed by atoms with Gasteiger partial charge in [0, 0.05) is 5.39 Å². The van der Waals surface area contributed by atoms with E-state index in [9.17, 15) is 10.2 Å². The number of phenols is 2. The SMILES string of the molecule is COc1c(O)c(O)cc2ccccc12. The standard InChI is InChI=1S/C11H10O3/c1-14-11-8-5-3-2-4-7(8)6-9(12)10(11)13/h2-6,12-13H,1H3. The number of rotatable bonds is 1. The Balaban J connectivity index is 2.89. The van der Waals surface area contributed by atoms with E-state index in [0.29, 0.717) is 5.75 Å². The molecular weight excluding hydrogens is 180 g/mol. The molecule has 0 aliphatic carbocycles. The Morgan fingerprint density at radius 2 is 1.86 bits per heavy atom. The summed E-state index contributed by atoms with van der Waals surface area (Å²) in [6.45, 7) is 0. The Hall–Kier alpha value is -1.90. The van der Waals surface area contributed by atoms with Gasteiger partial charge >= 0.3 is 0 Å². The maximum Gasteiger partial charge on any atom is 0.201 e. The van der Waals surface area contributed by atoms with Crippen molar-refractivity contribution < 1.29 is 14.9 Å². The molecule has 0 aliphatic rings. The topological polar surface area (TPSA) is 49.7 Å². The number of methoxy groups -OCH3 is 1. The van der Waals surface area contributed by atoms with Crippen molar-refractivity contribution in [3.8, 4) is 17.2 Å². The van der Waals surface area contributed by atoms with Crippen LogP contribution in [0.1, 0.15) is 0 Å². The molecule has 0 aliphatic heterocycles. The molecule has 3 heteroatoms. The second-order valence-corrected chi connectivity index (χ2v) is 3.00. The molecule has 2 aromatic carbocycles. The Morgan fingerprint density at radius 1 is 1.14 bits per heavy atom. The summed E-state index contributed by atoms with van der Waals surface area (Å²) < 4.78 is 5.03. The van der Waals surface area contributed by atoms with Crippen molar-refractivity contribution in [3.63, 3.8) is 0 Å². The van der Waals surface area contributed by atoms with Crippen LogP contribution >= 0.6 is 0 Å². The minimum atomic E-state index is -0.216. The minimum Gasteiger partial charge on any atom is -0.504 e. The average molecular weight is 190 g/mol. The zero-order valence-electron chi connectivity index (χ0n) is 7.69. The third-order valence-electron chi connectivity index (χ3n) is 2.16. The number of aromatic hydroxyl groups is 2. The first-order valence-electron chi connectivity index (χ1n) is 4.21. The van der Waals surface area contributed by atoms with Crippen molar-refractivity contribution in [2.24, 2.45) is 0 Å². The lowest BCUT2D eigenvalue weighted by atomic mass is 10.1. The van der Waals surface area contributed by atoms with Crippen molar-refractivity contribution in [2.75, 3.05) is 7.11 Å².